The minimum absolute atomic E-state index is 0.204. The van der Waals surface area contributed by atoms with E-state index in [2.05, 4.69) is 32.9 Å². The number of amidine groups is 1. The van der Waals surface area contributed by atoms with Crippen LogP contribution in [0.25, 0.3) is 6.08 Å². The van der Waals surface area contributed by atoms with Gasteiger partial charge in [0.05, 0.1) is 20.8 Å². The van der Waals surface area contributed by atoms with Crippen molar-refractivity contribution in [2.45, 2.75) is 20.5 Å². The normalized spacial score (nSPS) is 15.5. The van der Waals surface area contributed by atoms with Crippen LogP contribution in [0, 0.1) is 16.3 Å². The van der Waals surface area contributed by atoms with E-state index in [1.54, 1.807) is 24.3 Å². The number of hydrogen-bond donors (Lipinski definition) is 1. The average molecular weight is 623 g/mol. The zero-order chi connectivity index (χ0) is 24.9. The van der Waals surface area contributed by atoms with Crippen molar-refractivity contribution in [2.75, 3.05) is 6.61 Å². The molecule has 1 aliphatic heterocycles. The summed E-state index contributed by atoms with van der Waals surface area (Å²) in [7, 11) is 0. The van der Waals surface area contributed by atoms with Crippen LogP contribution in [0.4, 0.5) is 10.1 Å². The summed E-state index contributed by atoms with van der Waals surface area (Å²) in [5.41, 5.74) is 3.05. The molecule has 1 aliphatic rings. The lowest BCUT2D eigenvalue weighted by molar-refractivity contribution is -0.115. The van der Waals surface area contributed by atoms with Crippen molar-refractivity contribution in [3.8, 4) is 11.5 Å². The van der Waals surface area contributed by atoms with Crippen molar-refractivity contribution in [3.63, 3.8) is 0 Å². The molecular formula is C26H21ClFIN2O3S. The summed E-state index contributed by atoms with van der Waals surface area (Å²) < 4.78 is 26.1. The summed E-state index contributed by atoms with van der Waals surface area (Å²) in [6.45, 7) is 4.41. The molecule has 3 aromatic rings. The van der Waals surface area contributed by atoms with Crippen molar-refractivity contribution in [1.29, 1.82) is 0 Å². The number of rotatable bonds is 7. The second-order valence-corrected chi connectivity index (χ2v) is 10.1. The Morgan fingerprint density at radius 3 is 2.74 bits per heavy atom. The summed E-state index contributed by atoms with van der Waals surface area (Å²) in [4.78, 5) is 17.6. The first-order valence-corrected chi connectivity index (χ1v) is 13.0. The first-order valence-electron chi connectivity index (χ1n) is 10.7. The fraction of sp³-hybridized carbons (Fsp3) is 0.154. The predicted octanol–water partition coefficient (Wildman–Crippen LogP) is 7.26. The number of benzene rings is 3. The van der Waals surface area contributed by atoms with Crippen LogP contribution >= 0.6 is 46.0 Å². The van der Waals surface area contributed by atoms with Crippen LogP contribution < -0.4 is 14.8 Å². The molecule has 35 heavy (non-hydrogen) atoms. The van der Waals surface area contributed by atoms with Gasteiger partial charge >= 0.3 is 0 Å². The second kappa shape index (κ2) is 11.5. The SMILES string of the molecule is CCOc1cc(/C=C2/SC(=Nc3cccc(Cl)c3C)NC2=O)cc(I)c1OCc1cccc(F)c1. The van der Waals surface area contributed by atoms with Gasteiger partial charge < -0.3 is 14.8 Å². The van der Waals surface area contributed by atoms with Gasteiger partial charge in [0.1, 0.15) is 12.4 Å². The molecule has 1 heterocycles. The first-order chi connectivity index (χ1) is 16.8. The number of aliphatic imine (C=N–C) groups is 1. The molecule has 5 nitrogen and oxygen atoms in total. The smallest absolute Gasteiger partial charge is 0.264 e. The summed E-state index contributed by atoms with van der Waals surface area (Å²) in [5.74, 6) is 0.581. The molecule has 0 spiro atoms. The van der Waals surface area contributed by atoms with Crippen molar-refractivity contribution >= 4 is 68.8 Å². The number of halogens is 3. The van der Waals surface area contributed by atoms with Crippen LogP contribution in [0.15, 0.2) is 64.5 Å². The molecule has 0 radical (unpaired) electrons. The van der Waals surface area contributed by atoms with Gasteiger partial charge in [0, 0.05) is 5.02 Å². The standard InChI is InChI=1S/C26H21ClFIN2O3S/c1-3-33-22-12-17(11-20(29)24(22)34-14-16-6-4-7-18(28)10-16)13-23-25(32)31-26(35-23)30-21-9-5-8-19(27)15(21)2/h4-13H,3,14H2,1-2H3,(H,30,31,32)/b23-13+. The Kier molecular flexibility index (Phi) is 8.35. The zero-order valence-electron chi connectivity index (χ0n) is 18.9. The maximum atomic E-state index is 13.5. The average Bonchev–Trinajstić information content (AvgIpc) is 3.15. The monoisotopic (exact) mass is 622 g/mol. The molecule has 0 bridgehead atoms. The van der Waals surface area contributed by atoms with Crippen LogP contribution in [0.1, 0.15) is 23.6 Å². The number of amides is 1. The fourth-order valence-corrected chi connectivity index (χ4v) is 5.10. The van der Waals surface area contributed by atoms with E-state index < -0.39 is 0 Å². The largest absolute Gasteiger partial charge is 0.490 e. The molecule has 180 valence electrons. The van der Waals surface area contributed by atoms with Gasteiger partial charge in [-0.05, 0) is 107 Å². The maximum Gasteiger partial charge on any atom is 0.264 e. The minimum atomic E-state index is -0.312. The lowest BCUT2D eigenvalue weighted by atomic mass is 10.1. The number of carbonyl (C=O) groups is 1. The molecule has 1 fully saturated rings. The van der Waals surface area contributed by atoms with Crippen LogP contribution in [-0.4, -0.2) is 17.7 Å². The Morgan fingerprint density at radius 2 is 1.97 bits per heavy atom. The van der Waals surface area contributed by atoms with Crippen molar-refractivity contribution in [2.24, 2.45) is 4.99 Å². The van der Waals surface area contributed by atoms with Crippen molar-refractivity contribution in [1.82, 2.24) is 5.32 Å². The lowest BCUT2D eigenvalue weighted by Gasteiger charge is -2.15. The van der Waals surface area contributed by atoms with Crippen molar-refractivity contribution < 1.29 is 18.7 Å². The summed E-state index contributed by atoms with van der Waals surface area (Å²) >= 11 is 9.61. The molecule has 0 aliphatic carbocycles. The third-order valence-electron chi connectivity index (χ3n) is 5.01. The van der Waals surface area contributed by atoms with Gasteiger partial charge in [0.15, 0.2) is 16.7 Å². The van der Waals surface area contributed by atoms with E-state index in [9.17, 15) is 9.18 Å². The Bertz CT molecular complexity index is 1350. The molecule has 9 heteroatoms. The summed E-state index contributed by atoms with van der Waals surface area (Å²) in [5, 5.41) is 3.91. The third kappa shape index (κ3) is 6.36. The van der Waals surface area contributed by atoms with Crippen molar-refractivity contribution in [3.05, 3.63) is 90.6 Å². The number of thioether (sulfide) groups is 1. The first kappa shape index (κ1) is 25.5. The van der Waals surface area contributed by atoms with E-state index in [0.29, 0.717) is 38.9 Å². The van der Waals surface area contributed by atoms with Gasteiger partial charge in [0.25, 0.3) is 5.91 Å². The quantitative estimate of drug-likeness (QED) is 0.223. The van der Waals surface area contributed by atoms with E-state index in [1.165, 1.54) is 23.9 Å². The van der Waals surface area contributed by atoms with Gasteiger partial charge in [-0.15, -0.1) is 0 Å². The highest BCUT2D eigenvalue weighted by molar-refractivity contribution is 14.1. The number of ether oxygens (including phenoxy) is 2. The summed E-state index contributed by atoms with van der Waals surface area (Å²) in [6.07, 6.45) is 1.79. The minimum Gasteiger partial charge on any atom is -0.490 e. The Labute approximate surface area is 225 Å². The third-order valence-corrected chi connectivity index (χ3v) is 7.13. The van der Waals surface area contributed by atoms with E-state index in [4.69, 9.17) is 21.1 Å². The number of hydrogen-bond acceptors (Lipinski definition) is 5. The molecule has 0 unspecified atom stereocenters. The van der Waals surface area contributed by atoms with E-state index in [0.717, 1.165) is 20.3 Å². The van der Waals surface area contributed by atoms with Gasteiger partial charge in [0.2, 0.25) is 0 Å². The number of nitrogens with zero attached hydrogens (tertiary/aromatic N) is 1. The number of nitrogens with one attached hydrogen (secondary N) is 1. The van der Waals surface area contributed by atoms with E-state index in [1.807, 2.05) is 38.1 Å². The van der Waals surface area contributed by atoms with Gasteiger partial charge in [-0.2, -0.15) is 0 Å². The van der Waals surface area contributed by atoms with E-state index >= 15 is 0 Å². The number of carbonyl (C=O) groups excluding carboxylic acids is 1. The molecule has 3 aromatic carbocycles. The van der Waals surface area contributed by atoms with Crippen LogP contribution in [0.5, 0.6) is 11.5 Å². The molecule has 1 amide bonds. The summed E-state index contributed by atoms with van der Waals surface area (Å²) in [6, 6.07) is 15.5. The topological polar surface area (TPSA) is 59.9 Å². The lowest BCUT2D eigenvalue weighted by Crippen LogP contribution is -2.19. The zero-order valence-corrected chi connectivity index (χ0v) is 22.6. The Hall–Kier alpha value is -2.56. The van der Waals surface area contributed by atoms with Gasteiger partial charge in [-0.25, -0.2) is 9.38 Å². The molecule has 1 N–H and O–H groups in total. The molecular weight excluding hydrogens is 602 g/mol. The predicted molar refractivity (Wildman–Crippen MR) is 148 cm³/mol. The second-order valence-electron chi connectivity index (χ2n) is 7.55. The highest BCUT2D eigenvalue weighted by atomic mass is 127. The molecule has 0 atom stereocenters. The van der Waals surface area contributed by atoms with Crippen LogP contribution in [0.2, 0.25) is 5.02 Å². The Balaban J connectivity index is 1.57. The molecule has 0 aromatic heterocycles. The maximum absolute atomic E-state index is 13.5. The fourth-order valence-electron chi connectivity index (χ4n) is 3.32. The highest BCUT2D eigenvalue weighted by Gasteiger charge is 2.24. The Morgan fingerprint density at radius 1 is 1.17 bits per heavy atom. The van der Waals surface area contributed by atoms with Crippen LogP contribution in [-0.2, 0) is 11.4 Å². The highest BCUT2D eigenvalue weighted by Crippen LogP contribution is 2.37. The van der Waals surface area contributed by atoms with E-state index in [-0.39, 0.29) is 18.3 Å². The molecule has 0 saturated carbocycles. The van der Waals surface area contributed by atoms with Crippen LogP contribution in [0.3, 0.4) is 0 Å². The molecule has 4 rings (SSSR count). The molecule has 1 saturated heterocycles. The van der Waals surface area contributed by atoms with Gasteiger partial charge in [-0.1, -0.05) is 29.8 Å². The van der Waals surface area contributed by atoms with Gasteiger partial charge in [-0.3, -0.25) is 4.79 Å².